The number of carbonyl (C=O) groups excluding carboxylic acids is 1. The number of anilines is 1. The van der Waals surface area contributed by atoms with E-state index in [0.29, 0.717) is 28.5 Å². The summed E-state index contributed by atoms with van der Waals surface area (Å²) >= 11 is 0. The molecule has 1 saturated carbocycles. The van der Waals surface area contributed by atoms with Gasteiger partial charge in [0.05, 0.1) is 16.8 Å². The number of amides is 1. The van der Waals surface area contributed by atoms with Gasteiger partial charge in [-0.15, -0.1) is 0 Å². The van der Waals surface area contributed by atoms with Gasteiger partial charge in [0.15, 0.2) is 0 Å². The van der Waals surface area contributed by atoms with Crippen LogP contribution in [0.1, 0.15) is 66.9 Å². The van der Waals surface area contributed by atoms with E-state index in [1.54, 1.807) is 24.7 Å². The summed E-state index contributed by atoms with van der Waals surface area (Å²) in [6.07, 6.45) is 12.8. The van der Waals surface area contributed by atoms with Gasteiger partial charge in [0, 0.05) is 54.5 Å². The van der Waals surface area contributed by atoms with E-state index in [2.05, 4.69) is 37.7 Å². The van der Waals surface area contributed by atoms with Crippen LogP contribution in [0, 0.1) is 11.3 Å². The van der Waals surface area contributed by atoms with E-state index in [1.807, 2.05) is 49.0 Å². The largest absolute Gasteiger partial charge is 0.382 e. The second kappa shape index (κ2) is 10.2. The molecule has 182 valence electrons. The Morgan fingerprint density at radius 2 is 1.94 bits per heavy atom. The highest BCUT2D eigenvalue weighted by molar-refractivity contribution is 5.99. The van der Waals surface area contributed by atoms with Crippen molar-refractivity contribution in [2.45, 2.75) is 57.5 Å². The molecule has 2 N–H and O–H groups in total. The first-order valence-electron chi connectivity index (χ1n) is 12.4. The minimum atomic E-state index is -0.115. The fourth-order valence-corrected chi connectivity index (χ4v) is 4.91. The summed E-state index contributed by atoms with van der Waals surface area (Å²) in [7, 11) is 0. The number of nitriles is 1. The van der Waals surface area contributed by atoms with Crippen LogP contribution in [0.4, 0.5) is 5.69 Å². The van der Waals surface area contributed by atoms with Gasteiger partial charge in [0.1, 0.15) is 17.5 Å². The topological polar surface area (TPSA) is 109 Å². The van der Waals surface area contributed by atoms with Crippen LogP contribution in [-0.2, 0) is 0 Å². The van der Waals surface area contributed by atoms with Crippen molar-refractivity contribution in [3.63, 3.8) is 0 Å². The molecule has 8 nitrogen and oxygen atoms in total. The molecule has 5 rings (SSSR count). The quantitative estimate of drug-likeness (QED) is 0.404. The molecule has 0 atom stereocenters. The monoisotopic (exact) mass is 479 g/mol. The number of fused-ring (bicyclic) bond motifs is 1. The molecule has 0 spiro atoms. The number of hydrogen-bond acceptors (Lipinski definition) is 6. The van der Waals surface area contributed by atoms with E-state index in [0.717, 1.165) is 36.8 Å². The summed E-state index contributed by atoms with van der Waals surface area (Å²) in [6, 6.07) is 12.1. The third-order valence-corrected chi connectivity index (χ3v) is 6.70. The minimum Gasteiger partial charge on any atom is -0.382 e. The lowest BCUT2D eigenvalue weighted by molar-refractivity contribution is 0.0926. The van der Waals surface area contributed by atoms with Crippen molar-refractivity contribution < 1.29 is 4.79 Å². The highest BCUT2D eigenvalue weighted by atomic mass is 16.1. The lowest BCUT2D eigenvalue weighted by Crippen LogP contribution is -2.37. The zero-order valence-corrected chi connectivity index (χ0v) is 20.5. The maximum Gasteiger partial charge on any atom is 0.255 e. The molecule has 4 heterocycles. The van der Waals surface area contributed by atoms with Gasteiger partial charge in [0.25, 0.3) is 5.91 Å². The Morgan fingerprint density at radius 3 is 2.67 bits per heavy atom. The molecule has 4 aromatic heterocycles. The molecule has 1 aliphatic rings. The molecule has 0 bridgehead atoms. The number of hydrogen-bond donors (Lipinski definition) is 2. The maximum atomic E-state index is 13.3. The molecule has 8 heteroatoms. The fourth-order valence-electron chi connectivity index (χ4n) is 4.91. The summed E-state index contributed by atoms with van der Waals surface area (Å²) in [5.41, 5.74) is 3.75. The number of aromatic nitrogens is 4. The number of nitrogens with one attached hydrogen (secondary N) is 2. The van der Waals surface area contributed by atoms with Crippen LogP contribution >= 0.6 is 0 Å². The molecule has 36 heavy (non-hydrogen) atoms. The van der Waals surface area contributed by atoms with Crippen molar-refractivity contribution in [3.05, 3.63) is 78.0 Å². The van der Waals surface area contributed by atoms with Gasteiger partial charge in [-0.25, -0.2) is 9.97 Å². The molecular formula is C28H29N7O. The lowest BCUT2D eigenvalue weighted by Gasteiger charge is -2.29. The van der Waals surface area contributed by atoms with Gasteiger partial charge < -0.3 is 10.6 Å². The molecule has 1 aliphatic carbocycles. The zero-order chi connectivity index (χ0) is 25.1. The van der Waals surface area contributed by atoms with Crippen LogP contribution in [-0.4, -0.2) is 37.5 Å². The standard InChI is InChI=1S/C28H29N7O/c1-18(2)33-25-13-26(35-11-9-21-12-19(14-29)15-32-27(21)35)31-17-24(25)28(36)34-23-7-5-20(6-8-23)22-4-3-10-30-16-22/h3-4,9-13,15-18,20,23H,5-8H2,1-2H3,(H,31,33)(H,34,36). The fraction of sp³-hybridized carbons (Fsp3) is 0.321. The van der Waals surface area contributed by atoms with E-state index < -0.39 is 0 Å². The summed E-state index contributed by atoms with van der Waals surface area (Å²) in [5.74, 6) is 1.04. The second-order valence-electron chi connectivity index (χ2n) is 9.63. The van der Waals surface area contributed by atoms with E-state index >= 15 is 0 Å². The molecule has 0 unspecified atom stereocenters. The van der Waals surface area contributed by atoms with Gasteiger partial charge >= 0.3 is 0 Å². The first-order chi connectivity index (χ1) is 17.5. The van der Waals surface area contributed by atoms with Crippen LogP contribution in [0.25, 0.3) is 16.9 Å². The first-order valence-corrected chi connectivity index (χ1v) is 12.4. The van der Waals surface area contributed by atoms with Crippen molar-refractivity contribution in [1.29, 1.82) is 5.26 Å². The molecule has 1 amide bonds. The average Bonchev–Trinajstić information content (AvgIpc) is 3.32. The van der Waals surface area contributed by atoms with Crippen molar-refractivity contribution >= 4 is 22.6 Å². The van der Waals surface area contributed by atoms with Gasteiger partial charge in [-0.3, -0.25) is 14.3 Å². The lowest BCUT2D eigenvalue weighted by atomic mass is 9.82. The van der Waals surface area contributed by atoms with Crippen LogP contribution in [0.5, 0.6) is 0 Å². The van der Waals surface area contributed by atoms with Crippen molar-refractivity contribution in [3.8, 4) is 11.9 Å². The third-order valence-electron chi connectivity index (χ3n) is 6.70. The maximum absolute atomic E-state index is 13.3. The van der Waals surface area contributed by atoms with Crippen LogP contribution < -0.4 is 10.6 Å². The summed E-state index contributed by atoms with van der Waals surface area (Å²) < 4.78 is 1.86. The number of pyridine rings is 3. The molecule has 0 saturated heterocycles. The predicted molar refractivity (Wildman–Crippen MR) is 139 cm³/mol. The molecule has 1 fully saturated rings. The Bertz CT molecular complexity index is 1410. The second-order valence-corrected chi connectivity index (χ2v) is 9.63. The molecule has 0 aliphatic heterocycles. The van der Waals surface area contributed by atoms with Gasteiger partial charge in [-0.1, -0.05) is 6.07 Å². The number of rotatable bonds is 6. The Morgan fingerprint density at radius 1 is 1.11 bits per heavy atom. The normalized spacial score (nSPS) is 17.6. The molecule has 0 radical (unpaired) electrons. The van der Waals surface area contributed by atoms with E-state index in [9.17, 15) is 4.79 Å². The van der Waals surface area contributed by atoms with Gasteiger partial charge in [0.2, 0.25) is 0 Å². The van der Waals surface area contributed by atoms with E-state index in [-0.39, 0.29) is 18.0 Å². The van der Waals surface area contributed by atoms with Crippen molar-refractivity contribution in [1.82, 2.24) is 24.8 Å². The van der Waals surface area contributed by atoms with E-state index in [4.69, 9.17) is 5.26 Å². The van der Waals surface area contributed by atoms with Gasteiger partial charge in [-0.2, -0.15) is 5.26 Å². The molecule has 4 aromatic rings. The third kappa shape index (κ3) is 4.91. The van der Waals surface area contributed by atoms with Crippen LogP contribution in [0.15, 0.2) is 61.3 Å². The van der Waals surface area contributed by atoms with Crippen molar-refractivity contribution in [2.24, 2.45) is 0 Å². The predicted octanol–water partition coefficient (Wildman–Crippen LogP) is 4.96. The van der Waals surface area contributed by atoms with Crippen LogP contribution in [0.3, 0.4) is 0 Å². The highest BCUT2D eigenvalue weighted by Gasteiger charge is 2.25. The highest BCUT2D eigenvalue weighted by Crippen LogP contribution is 2.33. The number of carbonyl (C=O) groups is 1. The van der Waals surface area contributed by atoms with Crippen LogP contribution in [0.2, 0.25) is 0 Å². The summed E-state index contributed by atoms with van der Waals surface area (Å²) in [4.78, 5) is 26.6. The average molecular weight is 480 g/mol. The summed E-state index contributed by atoms with van der Waals surface area (Å²) in [5, 5.41) is 16.6. The first kappa shape index (κ1) is 23.5. The zero-order valence-electron chi connectivity index (χ0n) is 20.5. The van der Waals surface area contributed by atoms with Crippen molar-refractivity contribution in [2.75, 3.05) is 5.32 Å². The Hall–Kier alpha value is -4.25. The smallest absolute Gasteiger partial charge is 0.255 e. The Kier molecular flexibility index (Phi) is 6.63. The minimum absolute atomic E-state index is 0.115. The van der Waals surface area contributed by atoms with E-state index in [1.165, 1.54) is 5.56 Å². The SMILES string of the molecule is CC(C)Nc1cc(-n2ccc3cc(C#N)cnc32)ncc1C(=O)NC1CCC(c2cccnc2)CC1. The summed E-state index contributed by atoms with van der Waals surface area (Å²) in [6.45, 7) is 4.08. The van der Waals surface area contributed by atoms with Gasteiger partial charge in [-0.05, 0) is 69.2 Å². The Labute approximate surface area is 210 Å². The number of nitrogens with zero attached hydrogens (tertiary/aromatic N) is 5. The molecular weight excluding hydrogens is 450 g/mol. The molecule has 0 aromatic carbocycles. The Balaban J connectivity index is 1.34.